The standard InChI is InChI=1S/C15H22O2/c16-15(17)14-9-10-5-1-2-6-11(10)12-7-3-4-8-13(12)14/h10,13-14H,1-9H2,(H,16,17). The minimum Gasteiger partial charge on any atom is -0.481 e. The van der Waals surface area contributed by atoms with Crippen molar-refractivity contribution < 1.29 is 9.90 Å². The van der Waals surface area contributed by atoms with Crippen LogP contribution < -0.4 is 0 Å². The second kappa shape index (κ2) is 4.47. The molecule has 0 radical (unpaired) electrons. The van der Waals surface area contributed by atoms with Crippen molar-refractivity contribution in [1.82, 2.24) is 0 Å². The molecule has 1 N–H and O–H groups in total. The number of carbonyl (C=O) groups is 1. The smallest absolute Gasteiger partial charge is 0.307 e. The maximum atomic E-state index is 11.5. The Morgan fingerprint density at radius 2 is 1.71 bits per heavy atom. The summed E-state index contributed by atoms with van der Waals surface area (Å²) in [6.45, 7) is 0. The number of allylic oxidation sites excluding steroid dienone is 2. The van der Waals surface area contributed by atoms with Gasteiger partial charge in [0, 0.05) is 0 Å². The maximum absolute atomic E-state index is 11.5. The topological polar surface area (TPSA) is 37.3 Å². The van der Waals surface area contributed by atoms with Gasteiger partial charge in [0.2, 0.25) is 0 Å². The molecule has 0 aromatic carbocycles. The molecule has 3 unspecified atom stereocenters. The molecule has 3 aliphatic rings. The summed E-state index contributed by atoms with van der Waals surface area (Å²) >= 11 is 0. The minimum atomic E-state index is -0.543. The minimum absolute atomic E-state index is 0.0721. The van der Waals surface area contributed by atoms with Gasteiger partial charge in [-0.2, -0.15) is 0 Å². The van der Waals surface area contributed by atoms with Crippen molar-refractivity contribution in [3.63, 3.8) is 0 Å². The van der Waals surface area contributed by atoms with Crippen molar-refractivity contribution in [2.75, 3.05) is 0 Å². The SMILES string of the molecule is O=C(O)C1CC2CCCCC2=C2CCCCC21. The lowest BCUT2D eigenvalue weighted by atomic mass is 9.62. The lowest BCUT2D eigenvalue weighted by molar-refractivity contribution is -0.144. The van der Waals surface area contributed by atoms with E-state index >= 15 is 0 Å². The quantitative estimate of drug-likeness (QED) is 0.701. The highest BCUT2D eigenvalue weighted by molar-refractivity contribution is 5.71. The summed E-state index contributed by atoms with van der Waals surface area (Å²) in [5.41, 5.74) is 3.28. The molecule has 2 nitrogen and oxygen atoms in total. The van der Waals surface area contributed by atoms with Crippen LogP contribution in [0.4, 0.5) is 0 Å². The number of fused-ring (bicyclic) bond motifs is 2. The molecular weight excluding hydrogens is 212 g/mol. The number of rotatable bonds is 1. The van der Waals surface area contributed by atoms with Gasteiger partial charge >= 0.3 is 5.97 Å². The van der Waals surface area contributed by atoms with Gasteiger partial charge in [-0.1, -0.05) is 24.0 Å². The Labute approximate surface area is 103 Å². The molecule has 0 spiro atoms. The molecule has 0 aliphatic heterocycles. The highest BCUT2D eigenvalue weighted by Gasteiger charge is 2.41. The second-order valence-corrected chi connectivity index (χ2v) is 6.03. The van der Waals surface area contributed by atoms with Gasteiger partial charge in [-0.05, 0) is 56.8 Å². The largest absolute Gasteiger partial charge is 0.481 e. The first-order valence-corrected chi connectivity index (χ1v) is 7.22. The fraction of sp³-hybridized carbons (Fsp3) is 0.800. The van der Waals surface area contributed by atoms with Crippen LogP contribution in [0.25, 0.3) is 0 Å². The zero-order valence-corrected chi connectivity index (χ0v) is 10.5. The zero-order valence-electron chi connectivity index (χ0n) is 10.5. The Morgan fingerprint density at radius 1 is 1.00 bits per heavy atom. The third-order valence-electron chi connectivity index (χ3n) is 5.15. The molecule has 94 valence electrons. The first-order chi connectivity index (χ1) is 8.27. The Balaban J connectivity index is 1.96. The Hall–Kier alpha value is -0.790. The lowest BCUT2D eigenvalue weighted by Gasteiger charge is -2.42. The van der Waals surface area contributed by atoms with Gasteiger partial charge in [0.15, 0.2) is 0 Å². The number of hydrogen-bond donors (Lipinski definition) is 1. The van der Waals surface area contributed by atoms with Gasteiger partial charge < -0.3 is 5.11 Å². The molecule has 2 fully saturated rings. The van der Waals surface area contributed by atoms with Crippen LogP contribution in [0.15, 0.2) is 11.1 Å². The first-order valence-electron chi connectivity index (χ1n) is 7.22. The van der Waals surface area contributed by atoms with E-state index < -0.39 is 5.97 Å². The summed E-state index contributed by atoms with van der Waals surface area (Å²) in [7, 11) is 0. The van der Waals surface area contributed by atoms with Crippen LogP contribution in [0.3, 0.4) is 0 Å². The van der Waals surface area contributed by atoms with E-state index in [1.54, 1.807) is 11.1 Å². The van der Waals surface area contributed by atoms with Gasteiger partial charge in [-0.25, -0.2) is 0 Å². The Bertz CT molecular complexity index is 356. The highest BCUT2D eigenvalue weighted by atomic mass is 16.4. The van der Waals surface area contributed by atoms with Gasteiger partial charge in [0.1, 0.15) is 0 Å². The van der Waals surface area contributed by atoms with E-state index in [-0.39, 0.29) is 5.92 Å². The van der Waals surface area contributed by atoms with E-state index in [1.807, 2.05) is 0 Å². The fourth-order valence-corrected chi connectivity index (χ4v) is 4.39. The number of aliphatic carboxylic acids is 1. The summed E-state index contributed by atoms with van der Waals surface area (Å²) in [5, 5.41) is 9.44. The van der Waals surface area contributed by atoms with Crippen LogP contribution in [0.1, 0.15) is 57.8 Å². The summed E-state index contributed by atoms with van der Waals surface area (Å²) in [6, 6.07) is 0. The molecule has 2 saturated carbocycles. The van der Waals surface area contributed by atoms with Crippen LogP contribution in [0.5, 0.6) is 0 Å². The number of carboxylic acid groups (broad SMARTS) is 1. The van der Waals surface area contributed by atoms with E-state index in [9.17, 15) is 9.90 Å². The predicted octanol–water partition coefficient (Wildman–Crippen LogP) is 3.77. The molecule has 17 heavy (non-hydrogen) atoms. The molecule has 2 heteroatoms. The zero-order chi connectivity index (χ0) is 11.8. The molecule has 3 rings (SSSR count). The Kier molecular flexibility index (Phi) is 2.97. The second-order valence-electron chi connectivity index (χ2n) is 6.03. The van der Waals surface area contributed by atoms with Crippen molar-refractivity contribution >= 4 is 5.97 Å². The highest BCUT2D eigenvalue weighted by Crippen LogP contribution is 2.49. The van der Waals surface area contributed by atoms with E-state index in [4.69, 9.17) is 0 Å². The van der Waals surface area contributed by atoms with Crippen LogP contribution >= 0.6 is 0 Å². The van der Waals surface area contributed by atoms with Crippen LogP contribution in [0, 0.1) is 17.8 Å². The normalized spacial score (nSPS) is 37.3. The first kappa shape index (κ1) is 11.3. The number of hydrogen-bond acceptors (Lipinski definition) is 1. The van der Waals surface area contributed by atoms with Gasteiger partial charge in [-0.15, -0.1) is 0 Å². The number of carboxylic acids is 1. The van der Waals surface area contributed by atoms with Crippen molar-refractivity contribution in [3.05, 3.63) is 11.1 Å². The van der Waals surface area contributed by atoms with Gasteiger partial charge in [-0.3, -0.25) is 4.79 Å². The third kappa shape index (κ3) is 1.92. The van der Waals surface area contributed by atoms with Gasteiger partial charge in [0.05, 0.1) is 5.92 Å². The third-order valence-corrected chi connectivity index (χ3v) is 5.15. The van der Waals surface area contributed by atoms with Gasteiger partial charge in [0.25, 0.3) is 0 Å². The predicted molar refractivity (Wildman–Crippen MR) is 66.7 cm³/mol. The molecule has 0 aromatic heterocycles. The van der Waals surface area contributed by atoms with E-state index in [0.29, 0.717) is 11.8 Å². The molecule has 0 heterocycles. The van der Waals surface area contributed by atoms with Crippen LogP contribution in [0.2, 0.25) is 0 Å². The van der Waals surface area contributed by atoms with E-state index in [0.717, 1.165) is 12.8 Å². The fourth-order valence-electron chi connectivity index (χ4n) is 4.39. The Morgan fingerprint density at radius 3 is 2.47 bits per heavy atom. The molecule has 0 aromatic rings. The maximum Gasteiger partial charge on any atom is 0.307 e. The van der Waals surface area contributed by atoms with Crippen molar-refractivity contribution in [1.29, 1.82) is 0 Å². The average Bonchev–Trinajstić information content (AvgIpc) is 2.37. The van der Waals surface area contributed by atoms with Crippen LogP contribution in [-0.4, -0.2) is 11.1 Å². The summed E-state index contributed by atoms with van der Waals surface area (Å²) in [6.07, 6.45) is 10.9. The summed E-state index contributed by atoms with van der Waals surface area (Å²) in [4.78, 5) is 11.5. The average molecular weight is 234 g/mol. The summed E-state index contributed by atoms with van der Waals surface area (Å²) in [5.74, 6) is 0.399. The van der Waals surface area contributed by atoms with E-state index in [2.05, 4.69) is 0 Å². The van der Waals surface area contributed by atoms with E-state index in [1.165, 1.54) is 44.9 Å². The van der Waals surface area contributed by atoms with Crippen molar-refractivity contribution in [2.24, 2.45) is 17.8 Å². The molecule has 0 amide bonds. The molecule has 3 aliphatic carbocycles. The molecule has 3 atom stereocenters. The molecule has 0 saturated heterocycles. The summed E-state index contributed by atoms with van der Waals surface area (Å²) < 4.78 is 0. The lowest BCUT2D eigenvalue weighted by Crippen LogP contribution is -2.35. The monoisotopic (exact) mass is 234 g/mol. The molecule has 0 bridgehead atoms. The van der Waals surface area contributed by atoms with Crippen molar-refractivity contribution in [3.8, 4) is 0 Å². The van der Waals surface area contributed by atoms with Crippen LogP contribution in [-0.2, 0) is 4.79 Å². The van der Waals surface area contributed by atoms with Crippen molar-refractivity contribution in [2.45, 2.75) is 57.8 Å². The molecular formula is C15H22O2.